The van der Waals surface area contributed by atoms with Crippen LogP contribution in [0, 0.1) is 5.82 Å². The van der Waals surface area contributed by atoms with Gasteiger partial charge in [-0.25, -0.2) is 8.78 Å². The van der Waals surface area contributed by atoms with Gasteiger partial charge < -0.3 is 19.1 Å². The van der Waals surface area contributed by atoms with E-state index in [4.69, 9.17) is 20.6 Å². The molecule has 0 aliphatic rings. The number of hydrogen-bond donors (Lipinski definition) is 1. The second-order valence-electron chi connectivity index (χ2n) is 5.96. The molecule has 0 aliphatic heterocycles. The highest BCUT2D eigenvalue weighted by Crippen LogP contribution is 2.60. The van der Waals surface area contributed by atoms with Crippen molar-refractivity contribution in [3.05, 3.63) is 59.9 Å². The summed E-state index contributed by atoms with van der Waals surface area (Å²) in [5.41, 5.74) is -2.24. The second-order valence-corrected chi connectivity index (χ2v) is 8.46. The third-order valence-electron chi connectivity index (χ3n) is 3.79. The van der Waals surface area contributed by atoms with Gasteiger partial charge in [-0.1, -0.05) is 23.7 Å². The predicted molar refractivity (Wildman–Crippen MR) is 106 cm³/mol. The van der Waals surface area contributed by atoms with Crippen molar-refractivity contribution in [2.24, 2.45) is 0 Å². The van der Waals surface area contributed by atoms with Gasteiger partial charge in [0.1, 0.15) is 11.6 Å². The lowest BCUT2D eigenvalue weighted by atomic mass is 10.2. The number of alkyl halides is 4. The lowest BCUT2D eigenvalue weighted by molar-refractivity contribution is -0.199. The van der Waals surface area contributed by atoms with Crippen LogP contribution in [-0.2, 0) is 13.6 Å². The average molecular weight is 470 g/mol. The molecule has 0 radical (unpaired) electrons. The molecule has 2 rings (SSSR count). The molecule has 0 heterocycles. The Kier molecular flexibility index (Phi) is 8.55. The van der Waals surface area contributed by atoms with Crippen molar-refractivity contribution in [2.45, 2.75) is 31.4 Å². The van der Waals surface area contributed by atoms with Gasteiger partial charge >= 0.3 is 13.7 Å². The van der Waals surface area contributed by atoms with Crippen molar-refractivity contribution >= 4 is 24.9 Å². The van der Waals surface area contributed by atoms with E-state index in [0.29, 0.717) is 11.3 Å². The zero-order chi connectivity index (χ0) is 22.4. The van der Waals surface area contributed by atoms with Gasteiger partial charge in [0.15, 0.2) is 5.78 Å². The Morgan fingerprint density at radius 1 is 1.03 bits per heavy atom. The van der Waals surface area contributed by atoms with Crippen molar-refractivity contribution in [3.63, 3.8) is 0 Å². The molecule has 0 aromatic heterocycles. The molecule has 0 spiro atoms. The summed E-state index contributed by atoms with van der Waals surface area (Å²) in [6.45, 7) is 3.49. The minimum Gasteiger partial charge on any atom is -0.429 e. The van der Waals surface area contributed by atoms with Crippen LogP contribution in [-0.4, -0.2) is 25.0 Å². The topological polar surface area (TPSA) is 56.8 Å². The molecule has 2 atom stereocenters. The summed E-state index contributed by atoms with van der Waals surface area (Å²) < 4.78 is 81.0. The first-order valence-corrected chi connectivity index (χ1v) is 11.0. The highest BCUT2D eigenvalue weighted by Gasteiger charge is 2.42. The van der Waals surface area contributed by atoms with Crippen molar-refractivity contribution < 1.29 is 35.9 Å². The quantitative estimate of drug-likeness (QED) is 0.225. The first-order chi connectivity index (χ1) is 14.1. The van der Waals surface area contributed by atoms with Crippen LogP contribution < -0.4 is 10.1 Å². The maximum absolute atomic E-state index is 13.4. The van der Waals surface area contributed by atoms with Gasteiger partial charge in [0, 0.05) is 5.69 Å². The van der Waals surface area contributed by atoms with E-state index in [1.54, 1.807) is 13.8 Å². The molecule has 1 N–H and O–H groups in total. The van der Waals surface area contributed by atoms with E-state index >= 15 is 0 Å². The van der Waals surface area contributed by atoms with Crippen molar-refractivity contribution in [1.29, 1.82) is 0 Å². The smallest absolute Gasteiger partial charge is 0.429 e. The molecular formula is C19H21ClF4NO4P. The predicted octanol–water partition coefficient (Wildman–Crippen LogP) is 6.71. The fraction of sp³-hybridized carbons (Fsp3) is 0.368. The number of hydrogen-bond acceptors (Lipinski definition) is 5. The zero-order valence-electron chi connectivity index (χ0n) is 16.2. The number of anilines is 1. The van der Waals surface area contributed by atoms with Crippen LogP contribution in [0.2, 0.25) is 0 Å². The molecule has 0 amide bonds. The lowest BCUT2D eigenvalue weighted by Gasteiger charge is -2.28. The number of nitrogens with one attached hydrogen (secondary N) is 1. The van der Waals surface area contributed by atoms with Gasteiger partial charge in [0.05, 0.1) is 13.2 Å². The van der Waals surface area contributed by atoms with E-state index in [1.807, 2.05) is 0 Å². The molecule has 0 aliphatic carbocycles. The van der Waals surface area contributed by atoms with Gasteiger partial charge in [0.25, 0.3) is 5.63 Å². The summed E-state index contributed by atoms with van der Waals surface area (Å²) in [5, 5.41) is 2.96. The minimum absolute atomic E-state index is 0.0985. The average Bonchev–Trinajstić information content (AvgIpc) is 2.68. The molecular weight excluding hydrogens is 449 g/mol. The first kappa shape index (κ1) is 24.5. The molecule has 11 heteroatoms. The lowest BCUT2D eigenvalue weighted by Crippen LogP contribution is -2.32. The van der Waals surface area contributed by atoms with Crippen LogP contribution in [0.25, 0.3) is 0 Å². The Balaban J connectivity index is 2.31. The Bertz CT molecular complexity index is 843. The summed E-state index contributed by atoms with van der Waals surface area (Å²) >= 11 is 4.77. The zero-order valence-corrected chi connectivity index (χ0v) is 17.8. The van der Waals surface area contributed by atoms with Gasteiger partial charge in [-0.15, -0.1) is 0 Å². The third-order valence-corrected chi connectivity index (χ3v) is 6.34. The van der Waals surface area contributed by atoms with E-state index in [-0.39, 0.29) is 19.0 Å². The third kappa shape index (κ3) is 6.35. The maximum atomic E-state index is 13.4. The fourth-order valence-corrected chi connectivity index (χ4v) is 4.50. The summed E-state index contributed by atoms with van der Waals surface area (Å²) in [6, 6.07) is 10.3. The van der Waals surface area contributed by atoms with E-state index in [2.05, 4.69) is 10.1 Å². The molecule has 0 saturated heterocycles. The fourth-order valence-electron chi connectivity index (χ4n) is 2.52. The summed E-state index contributed by atoms with van der Waals surface area (Å²) in [5.74, 6) is -1.82. The molecule has 2 aromatic rings. The van der Waals surface area contributed by atoms with Gasteiger partial charge in [-0.3, -0.25) is 4.57 Å². The first-order valence-electron chi connectivity index (χ1n) is 8.97. The van der Waals surface area contributed by atoms with Crippen LogP contribution >= 0.6 is 19.2 Å². The SMILES string of the molecule is CCOP(=O)(OCC)C(Nc1ccc(OC(F)(F)C(F)Cl)cc1)c1ccc(F)cc1. The Morgan fingerprint density at radius 2 is 1.57 bits per heavy atom. The maximum Gasteiger partial charge on any atom is 0.444 e. The minimum atomic E-state index is -4.20. The van der Waals surface area contributed by atoms with Gasteiger partial charge in [-0.2, -0.15) is 8.78 Å². The van der Waals surface area contributed by atoms with Gasteiger partial charge in [0.2, 0.25) is 0 Å². The Morgan fingerprint density at radius 3 is 2.03 bits per heavy atom. The van der Waals surface area contributed by atoms with Crippen LogP contribution in [0.5, 0.6) is 5.75 Å². The number of benzene rings is 2. The van der Waals surface area contributed by atoms with Crippen molar-refractivity contribution in [1.82, 2.24) is 0 Å². The van der Waals surface area contributed by atoms with Crippen LogP contribution in [0.3, 0.4) is 0 Å². The van der Waals surface area contributed by atoms with Crippen LogP contribution in [0.1, 0.15) is 25.2 Å². The largest absolute Gasteiger partial charge is 0.444 e. The summed E-state index contributed by atoms with van der Waals surface area (Å²) in [6.07, 6.45) is -4.20. The number of rotatable bonds is 11. The Hall–Kier alpha value is -1.80. The standard InChI is InChI=1S/C19H21ClF4NO4P/c1-3-27-30(26,28-4-2)17(13-5-7-14(21)8-6-13)25-15-9-11-16(12-10-15)29-19(23,24)18(20)22/h5-12,17-18,25H,3-4H2,1-2H3. The molecule has 0 bridgehead atoms. The highest BCUT2D eigenvalue weighted by molar-refractivity contribution is 7.54. The highest BCUT2D eigenvalue weighted by atomic mass is 35.5. The molecule has 0 fully saturated rings. The molecule has 5 nitrogen and oxygen atoms in total. The molecule has 0 saturated carbocycles. The Labute approximate surface area is 176 Å². The summed E-state index contributed by atoms with van der Waals surface area (Å²) in [4.78, 5) is 0. The monoisotopic (exact) mass is 469 g/mol. The van der Waals surface area contributed by atoms with E-state index in [9.17, 15) is 22.1 Å². The number of ether oxygens (including phenoxy) is 1. The van der Waals surface area contributed by atoms with Gasteiger partial charge in [-0.05, 0) is 55.8 Å². The van der Waals surface area contributed by atoms with Crippen molar-refractivity contribution in [3.8, 4) is 5.75 Å². The second kappa shape index (κ2) is 10.5. The molecule has 2 aromatic carbocycles. The molecule has 2 unspecified atom stereocenters. The normalized spacial score (nSPS) is 14.2. The molecule has 166 valence electrons. The van der Waals surface area contributed by atoms with E-state index in [0.717, 1.165) is 12.1 Å². The van der Waals surface area contributed by atoms with Crippen LogP contribution in [0.15, 0.2) is 48.5 Å². The van der Waals surface area contributed by atoms with E-state index < -0.39 is 30.9 Å². The van der Waals surface area contributed by atoms with Crippen LogP contribution in [0.4, 0.5) is 23.2 Å². The van der Waals surface area contributed by atoms with E-state index in [1.165, 1.54) is 36.4 Å². The van der Waals surface area contributed by atoms with Crippen molar-refractivity contribution in [2.75, 3.05) is 18.5 Å². The molecule has 30 heavy (non-hydrogen) atoms. The number of halogens is 5. The summed E-state index contributed by atoms with van der Waals surface area (Å²) in [7, 11) is -3.74.